The van der Waals surface area contributed by atoms with Crippen molar-refractivity contribution in [1.29, 1.82) is 0 Å². The van der Waals surface area contributed by atoms with Gasteiger partial charge in [0.2, 0.25) is 5.82 Å². The molecule has 2 aromatic carbocycles. The Morgan fingerprint density at radius 1 is 1.06 bits per heavy atom. The van der Waals surface area contributed by atoms with Gasteiger partial charge in [-0.3, -0.25) is 9.48 Å². The Kier molecular flexibility index (Phi) is 6.21. The molecule has 31 heavy (non-hydrogen) atoms. The Balaban J connectivity index is 1.96. The number of amides is 1. The van der Waals surface area contributed by atoms with Crippen molar-refractivity contribution in [3.8, 4) is 5.75 Å². The summed E-state index contributed by atoms with van der Waals surface area (Å²) >= 11 is 5.93. The highest BCUT2D eigenvalue weighted by atomic mass is 35.5. The molecule has 0 saturated carbocycles. The van der Waals surface area contributed by atoms with E-state index in [1.807, 2.05) is 0 Å². The van der Waals surface area contributed by atoms with Crippen molar-refractivity contribution in [2.24, 2.45) is 0 Å². The first-order valence-electron chi connectivity index (χ1n) is 8.76. The van der Waals surface area contributed by atoms with Gasteiger partial charge in [-0.05, 0) is 32.0 Å². The Morgan fingerprint density at radius 3 is 2.23 bits per heavy atom. The molecule has 0 atom stereocenters. The molecule has 0 fully saturated rings. The quantitative estimate of drug-likeness (QED) is 0.326. The monoisotopic (exact) mass is 459 g/mol. The average Bonchev–Trinajstić information content (AvgIpc) is 3.01. The number of hydrogen-bond donors (Lipinski definition) is 1. The zero-order valence-corrected chi connectivity index (χ0v) is 17.2. The first-order chi connectivity index (χ1) is 14.6. The molecule has 11 heteroatoms. The van der Waals surface area contributed by atoms with Crippen molar-refractivity contribution >= 4 is 23.2 Å². The number of halogens is 6. The van der Waals surface area contributed by atoms with Gasteiger partial charge < -0.3 is 10.1 Å². The number of aryl methyl sites for hydroxylation is 1. The van der Waals surface area contributed by atoms with Crippen molar-refractivity contribution in [2.75, 3.05) is 12.4 Å². The van der Waals surface area contributed by atoms with Crippen molar-refractivity contribution in [1.82, 2.24) is 9.78 Å². The molecule has 0 unspecified atom stereocenters. The van der Waals surface area contributed by atoms with Crippen molar-refractivity contribution in [2.45, 2.75) is 20.4 Å². The Bertz CT molecular complexity index is 1170. The fourth-order valence-electron chi connectivity index (χ4n) is 3.01. The fourth-order valence-corrected chi connectivity index (χ4v) is 3.18. The van der Waals surface area contributed by atoms with Gasteiger partial charge >= 0.3 is 0 Å². The zero-order valence-electron chi connectivity index (χ0n) is 16.4. The van der Waals surface area contributed by atoms with Gasteiger partial charge in [-0.2, -0.15) is 5.10 Å². The number of rotatable bonds is 5. The maximum Gasteiger partial charge on any atom is 0.259 e. The predicted molar refractivity (Wildman–Crippen MR) is 103 cm³/mol. The maximum atomic E-state index is 14.0. The Labute approximate surface area is 178 Å². The summed E-state index contributed by atoms with van der Waals surface area (Å²) in [6.45, 7) is 2.23. The third-order valence-corrected chi connectivity index (χ3v) is 4.87. The van der Waals surface area contributed by atoms with Crippen LogP contribution in [-0.2, 0) is 6.54 Å². The highest BCUT2D eigenvalue weighted by Gasteiger charge is 2.27. The minimum absolute atomic E-state index is 0.126. The summed E-state index contributed by atoms with van der Waals surface area (Å²) < 4.78 is 74.4. The molecule has 0 saturated heterocycles. The van der Waals surface area contributed by atoms with Crippen LogP contribution in [0.25, 0.3) is 0 Å². The smallest absolute Gasteiger partial charge is 0.259 e. The number of carbonyl (C=O) groups excluding carboxylic acids is 1. The largest absolute Gasteiger partial charge is 0.496 e. The normalized spacial score (nSPS) is 11.0. The molecule has 0 radical (unpaired) electrons. The highest BCUT2D eigenvalue weighted by molar-refractivity contribution is 6.31. The number of nitrogens with one attached hydrogen (secondary N) is 1. The molecule has 3 aromatic rings. The number of methoxy groups -OCH3 is 1. The van der Waals surface area contributed by atoms with Crippen molar-refractivity contribution in [3.63, 3.8) is 0 Å². The summed E-state index contributed by atoms with van der Waals surface area (Å²) in [5.41, 5.74) is -0.222. The van der Waals surface area contributed by atoms with E-state index in [-0.39, 0.29) is 28.4 Å². The van der Waals surface area contributed by atoms with Crippen LogP contribution in [0.15, 0.2) is 18.2 Å². The molecule has 0 aliphatic rings. The molecular weight excluding hydrogens is 445 g/mol. The molecule has 5 nitrogen and oxygen atoms in total. The van der Waals surface area contributed by atoms with Gasteiger partial charge in [-0.15, -0.1) is 0 Å². The lowest BCUT2D eigenvalue weighted by Gasteiger charge is -2.11. The molecule has 164 valence electrons. The van der Waals surface area contributed by atoms with Crippen LogP contribution in [0.4, 0.5) is 27.6 Å². The lowest BCUT2D eigenvalue weighted by Crippen LogP contribution is -2.15. The van der Waals surface area contributed by atoms with Gasteiger partial charge in [0.15, 0.2) is 23.3 Å². The molecule has 0 spiro atoms. The summed E-state index contributed by atoms with van der Waals surface area (Å²) in [6.07, 6.45) is 0. The highest BCUT2D eigenvalue weighted by Crippen LogP contribution is 2.28. The van der Waals surface area contributed by atoms with Gasteiger partial charge in [0.05, 0.1) is 41.9 Å². The molecule has 1 amide bonds. The SMILES string of the molecule is COc1ccc(Cl)cc1C(=O)Nc1c(C)nn(Cc2c(F)c(F)c(F)c(F)c2F)c1C. The van der Waals surface area contributed by atoms with Crippen LogP contribution in [0.5, 0.6) is 5.75 Å². The van der Waals surface area contributed by atoms with Gasteiger partial charge in [0.1, 0.15) is 5.75 Å². The van der Waals surface area contributed by atoms with E-state index in [1.54, 1.807) is 0 Å². The summed E-state index contributed by atoms with van der Waals surface area (Å²) in [7, 11) is 1.37. The van der Waals surface area contributed by atoms with Crippen LogP contribution in [-0.4, -0.2) is 22.8 Å². The van der Waals surface area contributed by atoms with Crippen LogP contribution in [0.3, 0.4) is 0 Å². The van der Waals surface area contributed by atoms with E-state index in [4.69, 9.17) is 16.3 Å². The second-order valence-corrected chi connectivity index (χ2v) is 6.99. The number of anilines is 1. The molecular formula is C20H15ClF5N3O2. The fraction of sp³-hybridized carbons (Fsp3) is 0.200. The van der Waals surface area contributed by atoms with Gasteiger partial charge in [0, 0.05) is 5.02 Å². The second-order valence-electron chi connectivity index (χ2n) is 6.55. The third-order valence-electron chi connectivity index (χ3n) is 4.63. The van der Waals surface area contributed by atoms with Crippen LogP contribution in [0.2, 0.25) is 5.02 Å². The first kappa shape index (κ1) is 22.5. The Morgan fingerprint density at radius 2 is 1.65 bits per heavy atom. The number of benzene rings is 2. The standard InChI is InChI=1S/C20H15ClF5N3O2/c1-8-19(27-20(30)11-6-10(21)4-5-13(11)31-3)9(2)29(28-8)7-12-14(22)16(24)18(26)17(25)15(12)23/h4-6H,7H2,1-3H3,(H,27,30). The van der Waals surface area contributed by atoms with Crippen LogP contribution < -0.4 is 10.1 Å². The van der Waals surface area contributed by atoms with Crippen LogP contribution >= 0.6 is 11.6 Å². The maximum absolute atomic E-state index is 14.0. The molecule has 1 N–H and O–H groups in total. The van der Waals surface area contributed by atoms with E-state index in [9.17, 15) is 26.7 Å². The summed E-state index contributed by atoms with van der Waals surface area (Å²) in [6, 6.07) is 4.43. The first-order valence-corrected chi connectivity index (χ1v) is 9.13. The molecule has 1 heterocycles. The number of aromatic nitrogens is 2. The summed E-state index contributed by atoms with van der Waals surface area (Å²) in [5, 5.41) is 6.95. The van der Waals surface area contributed by atoms with E-state index in [0.717, 1.165) is 4.68 Å². The molecule has 3 rings (SSSR count). The topological polar surface area (TPSA) is 56.1 Å². The minimum Gasteiger partial charge on any atom is -0.496 e. The number of hydrogen-bond acceptors (Lipinski definition) is 3. The van der Waals surface area contributed by atoms with Crippen molar-refractivity contribution in [3.05, 3.63) is 74.8 Å². The molecule has 0 aliphatic heterocycles. The second kappa shape index (κ2) is 8.54. The van der Waals surface area contributed by atoms with Gasteiger partial charge in [-0.25, -0.2) is 22.0 Å². The minimum atomic E-state index is -2.24. The van der Waals surface area contributed by atoms with Gasteiger partial charge in [-0.1, -0.05) is 11.6 Å². The van der Waals surface area contributed by atoms with Crippen molar-refractivity contribution < 1.29 is 31.5 Å². The van der Waals surface area contributed by atoms with E-state index in [1.165, 1.54) is 39.2 Å². The zero-order chi connectivity index (χ0) is 23.0. The molecule has 1 aromatic heterocycles. The molecule has 0 aliphatic carbocycles. The summed E-state index contributed by atoms with van der Waals surface area (Å²) in [4.78, 5) is 12.7. The summed E-state index contributed by atoms with van der Waals surface area (Å²) in [5.74, 6) is -10.6. The van der Waals surface area contributed by atoms with Gasteiger partial charge in [0.25, 0.3) is 5.91 Å². The van der Waals surface area contributed by atoms with E-state index in [2.05, 4.69) is 10.4 Å². The molecule has 0 bridgehead atoms. The van der Waals surface area contributed by atoms with E-state index in [0.29, 0.717) is 5.02 Å². The Hall–Kier alpha value is -3.14. The lowest BCUT2D eigenvalue weighted by molar-refractivity contribution is 0.102. The van der Waals surface area contributed by atoms with E-state index >= 15 is 0 Å². The average molecular weight is 460 g/mol. The van der Waals surface area contributed by atoms with Crippen LogP contribution in [0, 0.1) is 42.9 Å². The lowest BCUT2D eigenvalue weighted by atomic mass is 10.1. The van der Waals surface area contributed by atoms with E-state index < -0.39 is 47.1 Å². The number of ether oxygens (including phenoxy) is 1. The van der Waals surface area contributed by atoms with Crippen LogP contribution in [0.1, 0.15) is 27.3 Å². The predicted octanol–water partition coefficient (Wildman–Crippen LogP) is 5.16. The number of carbonyl (C=O) groups is 1. The third kappa shape index (κ3) is 4.07. The number of nitrogens with zero attached hydrogens (tertiary/aromatic N) is 2.